The van der Waals surface area contributed by atoms with Gasteiger partial charge in [0.15, 0.2) is 0 Å². The Morgan fingerprint density at radius 2 is 2.00 bits per heavy atom. The van der Waals surface area contributed by atoms with E-state index in [1.54, 1.807) is 0 Å². The summed E-state index contributed by atoms with van der Waals surface area (Å²) in [5.41, 5.74) is 3.18. The third-order valence-corrected chi connectivity index (χ3v) is 1.89. The molecule has 0 bridgehead atoms. The van der Waals surface area contributed by atoms with Gasteiger partial charge >= 0.3 is 5.97 Å². The Balaban J connectivity index is 3.72. The first-order valence-corrected chi connectivity index (χ1v) is 4.46. The van der Waals surface area contributed by atoms with Crippen LogP contribution in [-0.4, -0.2) is 36.7 Å². The molecule has 0 fully saturated rings. The van der Waals surface area contributed by atoms with Crippen LogP contribution in [0.3, 0.4) is 0 Å². The number of hydrogen-bond donors (Lipinski definition) is 2. The molecule has 0 amide bonds. The van der Waals surface area contributed by atoms with Crippen LogP contribution >= 0.6 is 0 Å². The largest absolute Gasteiger partial charge is 0.481 e. The molecule has 0 rings (SSSR count). The zero-order valence-corrected chi connectivity index (χ0v) is 8.92. The summed E-state index contributed by atoms with van der Waals surface area (Å²) in [7, 11) is 3.85. The van der Waals surface area contributed by atoms with Crippen molar-refractivity contribution in [3.05, 3.63) is 0 Å². The Morgan fingerprint density at radius 1 is 1.46 bits per heavy atom. The monoisotopic (exact) mass is 188 g/mol. The van der Waals surface area contributed by atoms with Crippen LogP contribution in [0.25, 0.3) is 0 Å². The van der Waals surface area contributed by atoms with Gasteiger partial charge in [-0.1, -0.05) is 13.8 Å². The minimum Gasteiger partial charge on any atom is -0.481 e. The van der Waals surface area contributed by atoms with E-state index in [4.69, 9.17) is 5.11 Å². The van der Waals surface area contributed by atoms with Gasteiger partial charge in [-0.15, -0.1) is 0 Å². The maximum Gasteiger partial charge on any atom is 0.303 e. The van der Waals surface area contributed by atoms with Gasteiger partial charge in [0, 0.05) is 27.1 Å². The molecule has 4 nitrogen and oxygen atoms in total. The third kappa shape index (κ3) is 7.74. The molecule has 2 N–H and O–H groups in total. The molecule has 0 aliphatic carbocycles. The Hall–Kier alpha value is -0.610. The first kappa shape index (κ1) is 12.4. The summed E-state index contributed by atoms with van der Waals surface area (Å²) in [5.74, 6) is -0.724. The van der Waals surface area contributed by atoms with Crippen LogP contribution in [0.1, 0.15) is 26.7 Å². The molecule has 78 valence electrons. The van der Waals surface area contributed by atoms with Crippen molar-refractivity contribution in [3.63, 3.8) is 0 Å². The molecule has 0 atom stereocenters. The van der Waals surface area contributed by atoms with E-state index in [0.29, 0.717) is 6.42 Å². The Morgan fingerprint density at radius 3 is 2.38 bits per heavy atom. The maximum absolute atomic E-state index is 10.4. The van der Waals surface area contributed by atoms with Gasteiger partial charge in [-0.2, -0.15) is 0 Å². The number of carboxylic acid groups (broad SMARTS) is 1. The van der Waals surface area contributed by atoms with E-state index < -0.39 is 5.97 Å². The number of aliphatic carboxylic acids is 1. The predicted molar refractivity (Wildman–Crippen MR) is 52.3 cm³/mol. The summed E-state index contributed by atoms with van der Waals surface area (Å²) < 4.78 is 0. The second-order valence-corrected chi connectivity index (χ2v) is 4.29. The van der Waals surface area contributed by atoms with Gasteiger partial charge in [0.25, 0.3) is 0 Å². The maximum atomic E-state index is 10.4. The fourth-order valence-corrected chi connectivity index (χ4v) is 0.906. The van der Waals surface area contributed by atoms with E-state index in [0.717, 1.165) is 6.54 Å². The molecule has 0 aliphatic heterocycles. The second-order valence-electron chi connectivity index (χ2n) is 4.29. The molecule has 0 spiro atoms. The molecule has 0 aliphatic rings. The highest BCUT2D eigenvalue weighted by Gasteiger charge is 2.18. The zero-order valence-electron chi connectivity index (χ0n) is 8.92. The molecule has 0 saturated heterocycles. The molecule has 0 aromatic rings. The van der Waals surface area contributed by atoms with Crippen molar-refractivity contribution in [3.8, 4) is 0 Å². The van der Waals surface area contributed by atoms with Crippen LogP contribution in [0.2, 0.25) is 0 Å². The summed E-state index contributed by atoms with van der Waals surface area (Å²) in [6, 6.07) is 0. The van der Waals surface area contributed by atoms with Gasteiger partial charge in [0.1, 0.15) is 0 Å². The topological polar surface area (TPSA) is 52.6 Å². The Kier molecular flexibility index (Phi) is 4.95. The molecule has 0 saturated carbocycles. The molecule has 0 unspecified atom stereocenters. The number of rotatable bonds is 6. The first-order valence-electron chi connectivity index (χ1n) is 4.46. The lowest BCUT2D eigenvalue weighted by molar-refractivity contribution is -0.137. The smallest absolute Gasteiger partial charge is 0.303 e. The third-order valence-electron chi connectivity index (χ3n) is 1.89. The van der Waals surface area contributed by atoms with E-state index >= 15 is 0 Å². The highest BCUT2D eigenvalue weighted by atomic mass is 16.4. The number of hydrogen-bond acceptors (Lipinski definition) is 3. The van der Waals surface area contributed by atoms with E-state index in [9.17, 15) is 4.79 Å². The Bertz CT molecular complexity index is 167. The van der Waals surface area contributed by atoms with Gasteiger partial charge in [-0.05, 0) is 11.8 Å². The minimum atomic E-state index is -0.724. The fraction of sp³-hybridized carbons (Fsp3) is 0.889. The van der Waals surface area contributed by atoms with Crippen molar-refractivity contribution in [2.45, 2.75) is 26.7 Å². The van der Waals surface area contributed by atoms with Gasteiger partial charge in [-0.3, -0.25) is 15.2 Å². The summed E-state index contributed by atoms with van der Waals surface area (Å²) in [5, 5.41) is 10.4. The van der Waals surface area contributed by atoms with E-state index in [1.165, 1.54) is 0 Å². The fourth-order valence-electron chi connectivity index (χ4n) is 0.906. The number of carboxylic acids is 1. The lowest BCUT2D eigenvalue weighted by atomic mass is 9.88. The van der Waals surface area contributed by atoms with Gasteiger partial charge < -0.3 is 5.11 Å². The summed E-state index contributed by atoms with van der Waals surface area (Å²) in [6.45, 7) is 4.92. The highest BCUT2D eigenvalue weighted by Crippen LogP contribution is 2.20. The van der Waals surface area contributed by atoms with Crippen LogP contribution in [0.5, 0.6) is 0 Å². The summed E-state index contributed by atoms with van der Waals surface area (Å²) in [4.78, 5) is 10.4. The lowest BCUT2D eigenvalue weighted by Gasteiger charge is -2.26. The molecule has 0 radical (unpaired) electrons. The van der Waals surface area contributed by atoms with Gasteiger partial charge in [0.2, 0.25) is 0 Å². The van der Waals surface area contributed by atoms with E-state index in [1.807, 2.05) is 19.1 Å². The van der Waals surface area contributed by atoms with Crippen LogP contribution in [0.4, 0.5) is 0 Å². The number of carbonyl (C=O) groups is 1. The lowest BCUT2D eigenvalue weighted by Crippen LogP contribution is -2.38. The van der Waals surface area contributed by atoms with E-state index in [-0.39, 0.29) is 11.8 Å². The Labute approximate surface area is 79.9 Å². The number of hydrazine groups is 1. The average molecular weight is 188 g/mol. The normalized spacial score (nSPS) is 12.1. The number of nitrogens with zero attached hydrogens (tertiary/aromatic N) is 1. The standard InChI is InChI=1S/C9H20N2O2/c1-9(2,6-5-8(12)13)7-10-11(3)4/h10H,5-7H2,1-4H3,(H,12,13). The van der Waals surface area contributed by atoms with Gasteiger partial charge in [0.05, 0.1) is 0 Å². The van der Waals surface area contributed by atoms with Gasteiger partial charge in [-0.25, -0.2) is 0 Å². The highest BCUT2D eigenvalue weighted by molar-refractivity contribution is 5.66. The van der Waals surface area contributed by atoms with Crippen molar-refractivity contribution in [2.75, 3.05) is 20.6 Å². The van der Waals surface area contributed by atoms with Crippen LogP contribution in [0, 0.1) is 5.41 Å². The zero-order chi connectivity index (χ0) is 10.5. The summed E-state index contributed by atoms with van der Waals surface area (Å²) >= 11 is 0. The molecular formula is C9H20N2O2. The first-order chi connectivity index (χ1) is 5.83. The van der Waals surface area contributed by atoms with Crippen LogP contribution in [-0.2, 0) is 4.79 Å². The second kappa shape index (κ2) is 5.19. The molecule has 0 aromatic carbocycles. The average Bonchev–Trinajstić information content (AvgIpc) is 1.98. The van der Waals surface area contributed by atoms with Crippen molar-refractivity contribution >= 4 is 5.97 Å². The molecule has 0 aromatic heterocycles. The predicted octanol–water partition coefficient (Wildman–Crippen LogP) is 0.944. The van der Waals surface area contributed by atoms with Crippen LogP contribution < -0.4 is 5.43 Å². The number of nitrogens with one attached hydrogen (secondary N) is 1. The van der Waals surface area contributed by atoms with Crippen molar-refractivity contribution in [1.82, 2.24) is 10.4 Å². The quantitative estimate of drug-likeness (QED) is 0.609. The van der Waals surface area contributed by atoms with Crippen molar-refractivity contribution in [1.29, 1.82) is 0 Å². The SMILES string of the molecule is CN(C)NCC(C)(C)CCC(=O)O. The van der Waals surface area contributed by atoms with Crippen molar-refractivity contribution in [2.24, 2.45) is 5.41 Å². The molecule has 0 heterocycles. The molecule has 13 heavy (non-hydrogen) atoms. The molecule has 4 heteroatoms. The van der Waals surface area contributed by atoms with E-state index in [2.05, 4.69) is 19.3 Å². The van der Waals surface area contributed by atoms with Crippen LogP contribution in [0.15, 0.2) is 0 Å². The minimum absolute atomic E-state index is 0.0304. The summed E-state index contributed by atoms with van der Waals surface area (Å²) in [6.07, 6.45) is 0.936. The molecular weight excluding hydrogens is 168 g/mol. The van der Waals surface area contributed by atoms with Crippen molar-refractivity contribution < 1.29 is 9.90 Å².